The molecule has 152 valence electrons. The van der Waals surface area contributed by atoms with Gasteiger partial charge in [-0.3, -0.25) is 4.79 Å². The van der Waals surface area contributed by atoms with E-state index in [2.05, 4.69) is 10.5 Å². The van der Waals surface area contributed by atoms with Crippen LogP contribution in [0.2, 0.25) is 0 Å². The molecule has 0 bridgehead atoms. The zero-order valence-electron chi connectivity index (χ0n) is 16.8. The molecule has 1 N–H and O–H groups in total. The number of rotatable bonds is 7. The van der Waals surface area contributed by atoms with Gasteiger partial charge in [-0.1, -0.05) is 35.9 Å². The number of nitrogens with one attached hydrogen (secondary N) is 1. The number of benzene rings is 3. The molecule has 1 amide bonds. The van der Waals surface area contributed by atoms with E-state index in [9.17, 15) is 9.59 Å². The molecule has 0 aliphatic heterocycles. The second kappa shape index (κ2) is 10.0. The van der Waals surface area contributed by atoms with Crippen LogP contribution in [0.1, 0.15) is 38.8 Å². The van der Waals surface area contributed by atoms with Crippen LogP contribution in [0, 0.1) is 6.92 Å². The van der Waals surface area contributed by atoms with Crippen molar-refractivity contribution in [1.82, 2.24) is 5.43 Å². The van der Waals surface area contributed by atoms with Crippen LogP contribution in [0.25, 0.3) is 0 Å². The Morgan fingerprint density at radius 2 is 1.67 bits per heavy atom. The molecule has 0 saturated carbocycles. The lowest BCUT2D eigenvalue weighted by molar-refractivity contribution is 0.0728. The Balaban J connectivity index is 1.69. The van der Waals surface area contributed by atoms with Gasteiger partial charge in [-0.25, -0.2) is 10.2 Å². The highest BCUT2D eigenvalue weighted by atomic mass is 16.6. The average Bonchev–Trinajstić information content (AvgIpc) is 2.76. The predicted octanol–water partition coefficient (Wildman–Crippen LogP) is 4.38. The molecular formula is C24H22N2O4. The number of hydrazone groups is 1. The molecule has 6 heteroatoms. The number of hydrogen-bond donors (Lipinski definition) is 1. The second-order valence-corrected chi connectivity index (χ2v) is 6.46. The Labute approximate surface area is 175 Å². The minimum atomic E-state index is -0.469. The van der Waals surface area contributed by atoms with Crippen molar-refractivity contribution in [2.75, 3.05) is 6.61 Å². The third-order valence-corrected chi connectivity index (χ3v) is 4.17. The number of carbonyl (C=O) groups excluding carboxylic acids is 2. The molecule has 3 rings (SSSR count). The third kappa shape index (κ3) is 5.54. The maximum atomic E-state index is 12.3. The van der Waals surface area contributed by atoms with Gasteiger partial charge in [-0.05, 0) is 61.9 Å². The van der Waals surface area contributed by atoms with Gasteiger partial charge in [-0.2, -0.15) is 5.10 Å². The van der Waals surface area contributed by atoms with Crippen LogP contribution in [0.4, 0.5) is 0 Å². The first-order valence-corrected chi connectivity index (χ1v) is 9.51. The van der Waals surface area contributed by atoms with Crippen molar-refractivity contribution in [3.05, 3.63) is 95.1 Å². The first kappa shape index (κ1) is 20.8. The number of nitrogens with zero attached hydrogens (tertiary/aromatic N) is 1. The van der Waals surface area contributed by atoms with E-state index in [4.69, 9.17) is 9.47 Å². The van der Waals surface area contributed by atoms with E-state index in [1.165, 1.54) is 6.21 Å². The minimum Gasteiger partial charge on any atom is -0.490 e. The second-order valence-electron chi connectivity index (χ2n) is 6.46. The summed E-state index contributed by atoms with van der Waals surface area (Å²) in [5.41, 5.74) is 5.22. The Morgan fingerprint density at radius 3 is 2.37 bits per heavy atom. The van der Waals surface area contributed by atoms with Gasteiger partial charge in [0.2, 0.25) is 0 Å². The van der Waals surface area contributed by atoms with E-state index in [1.54, 1.807) is 54.6 Å². The molecule has 0 heterocycles. The lowest BCUT2D eigenvalue weighted by Gasteiger charge is -2.11. The first-order valence-electron chi connectivity index (χ1n) is 9.51. The lowest BCUT2D eigenvalue weighted by atomic mass is 10.1. The van der Waals surface area contributed by atoms with Crippen molar-refractivity contribution in [2.24, 2.45) is 5.10 Å². The molecule has 0 radical (unpaired) electrons. The van der Waals surface area contributed by atoms with Gasteiger partial charge in [0, 0.05) is 5.56 Å². The van der Waals surface area contributed by atoms with Gasteiger partial charge in [0.05, 0.1) is 18.4 Å². The van der Waals surface area contributed by atoms with Gasteiger partial charge in [-0.15, -0.1) is 0 Å². The number of esters is 1. The van der Waals surface area contributed by atoms with Gasteiger partial charge in [0.15, 0.2) is 11.5 Å². The van der Waals surface area contributed by atoms with Crippen LogP contribution in [-0.2, 0) is 0 Å². The molecule has 0 fully saturated rings. The molecule has 6 nitrogen and oxygen atoms in total. The number of aryl methyl sites for hydroxylation is 1. The Morgan fingerprint density at radius 1 is 0.933 bits per heavy atom. The largest absolute Gasteiger partial charge is 0.490 e. The fourth-order valence-corrected chi connectivity index (χ4v) is 2.63. The van der Waals surface area contributed by atoms with Gasteiger partial charge in [0.25, 0.3) is 5.91 Å². The van der Waals surface area contributed by atoms with Gasteiger partial charge in [0.1, 0.15) is 0 Å². The molecule has 0 aliphatic carbocycles. The third-order valence-electron chi connectivity index (χ3n) is 4.17. The predicted molar refractivity (Wildman–Crippen MR) is 115 cm³/mol. The van der Waals surface area contributed by atoms with Crippen LogP contribution in [-0.4, -0.2) is 24.7 Å². The fourth-order valence-electron chi connectivity index (χ4n) is 2.63. The summed E-state index contributed by atoms with van der Waals surface area (Å²) in [6.07, 6.45) is 1.50. The van der Waals surface area contributed by atoms with Crippen molar-refractivity contribution < 1.29 is 19.1 Å². The number of hydrogen-bond acceptors (Lipinski definition) is 5. The Bertz CT molecular complexity index is 1040. The number of carbonyl (C=O) groups is 2. The van der Waals surface area contributed by atoms with Crippen molar-refractivity contribution in [3.8, 4) is 11.5 Å². The SMILES string of the molecule is CCOc1cc(C=NNC(=O)c2ccc(C)cc2)ccc1OC(=O)c1ccccc1. The molecule has 3 aromatic carbocycles. The smallest absolute Gasteiger partial charge is 0.343 e. The summed E-state index contributed by atoms with van der Waals surface area (Å²) < 4.78 is 11.1. The van der Waals surface area contributed by atoms with Crippen molar-refractivity contribution in [2.45, 2.75) is 13.8 Å². The highest BCUT2D eigenvalue weighted by molar-refractivity contribution is 5.95. The average molecular weight is 402 g/mol. The molecule has 30 heavy (non-hydrogen) atoms. The maximum absolute atomic E-state index is 12.3. The van der Waals surface area contributed by atoms with Crippen molar-refractivity contribution >= 4 is 18.1 Å². The van der Waals surface area contributed by atoms with Crippen LogP contribution < -0.4 is 14.9 Å². The summed E-state index contributed by atoms with van der Waals surface area (Å²) in [6, 6.07) is 21.0. The standard InChI is InChI=1S/C24H22N2O4/c1-3-29-22-15-18(16-25-26-23(27)19-12-9-17(2)10-13-19)11-14-21(22)30-24(28)20-7-5-4-6-8-20/h4-16H,3H2,1-2H3,(H,26,27). The quantitative estimate of drug-likeness (QED) is 0.275. The normalized spacial score (nSPS) is 10.6. The van der Waals surface area contributed by atoms with Crippen LogP contribution >= 0.6 is 0 Å². The highest BCUT2D eigenvalue weighted by Crippen LogP contribution is 2.29. The lowest BCUT2D eigenvalue weighted by Crippen LogP contribution is -2.17. The minimum absolute atomic E-state index is 0.301. The van der Waals surface area contributed by atoms with Gasteiger partial charge < -0.3 is 9.47 Å². The van der Waals surface area contributed by atoms with Crippen LogP contribution in [0.5, 0.6) is 11.5 Å². The summed E-state index contributed by atoms with van der Waals surface area (Å²) in [6.45, 7) is 4.20. The zero-order chi connectivity index (χ0) is 21.3. The Hall–Kier alpha value is -3.93. The van der Waals surface area contributed by atoms with Crippen molar-refractivity contribution in [3.63, 3.8) is 0 Å². The molecule has 3 aromatic rings. The van der Waals surface area contributed by atoms with Gasteiger partial charge >= 0.3 is 5.97 Å². The van der Waals surface area contributed by atoms with E-state index in [1.807, 2.05) is 32.0 Å². The summed E-state index contributed by atoms with van der Waals surface area (Å²) in [7, 11) is 0. The topological polar surface area (TPSA) is 77.0 Å². The number of amides is 1. The molecule has 0 unspecified atom stereocenters. The van der Waals surface area contributed by atoms with Crippen LogP contribution in [0.15, 0.2) is 77.9 Å². The summed E-state index contributed by atoms with van der Waals surface area (Å²) in [4.78, 5) is 24.4. The summed E-state index contributed by atoms with van der Waals surface area (Å²) in [5, 5.41) is 3.99. The monoisotopic (exact) mass is 402 g/mol. The fraction of sp³-hybridized carbons (Fsp3) is 0.125. The summed E-state index contributed by atoms with van der Waals surface area (Å²) in [5.74, 6) is -0.0461. The molecule has 0 aliphatic rings. The van der Waals surface area contributed by atoms with E-state index in [0.29, 0.717) is 34.8 Å². The van der Waals surface area contributed by atoms with Crippen LogP contribution in [0.3, 0.4) is 0 Å². The van der Waals surface area contributed by atoms with Crippen molar-refractivity contribution in [1.29, 1.82) is 0 Å². The molecule has 0 atom stereocenters. The van der Waals surface area contributed by atoms with E-state index in [-0.39, 0.29) is 5.91 Å². The zero-order valence-corrected chi connectivity index (χ0v) is 16.8. The van der Waals surface area contributed by atoms with E-state index >= 15 is 0 Å². The maximum Gasteiger partial charge on any atom is 0.343 e. The summed E-state index contributed by atoms with van der Waals surface area (Å²) >= 11 is 0. The first-order chi connectivity index (χ1) is 14.6. The molecule has 0 aromatic heterocycles. The molecule has 0 spiro atoms. The highest BCUT2D eigenvalue weighted by Gasteiger charge is 2.13. The molecular weight excluding hydrogens is 380 g/mol. The van der Waals surface area contributed by atoms with E-state index < -0.39 is 5.97 Å². The molecule has 0 saturated heterocycles. The van der Waals surface area contributed by atoms with E-state index in [0.717, 1.165) is 5.56 Å². The Kier molecular flexibility index (Phi) is 6.95. The number of ether oxygens (including phenoxy) is 2.